The maximum atomic E-state index is 13.1. The van der Waals surface area contributed by atoms with Crippen molar-refractivity contribution < 1.29 is 39.5 Å². The first-order chi connectivity index (χ1) is 15.7. The highest BCUT2D eigenvalue weighted by molar-refractivity contribution is 5.92. The van der Waals surface area contributed by atoms with Crippen LogP contribution in [-0.4, -0.2) is 31.5 Å². The van der Waals surface area contributed by atoms with Gasteiger partial charge in [-0.25, -0.2) is 4.79 Å². The number of phenolic OH excluding ortho intramolecular Hbond substituents is 5. The lowest BCUT2D eigenvalue weighted by atomic mass is 10.1. The van der Waals surface area contributed by atoms with Crippen LogP contribution < -0.4 is 10.2 Å². The molecule has 0 unspecified atom stereocenters. The van der Waals surface area contributed by atoms with Crippen molar-refractivity contribution in [1.29, 1.82) is 0 Å². The Labute approximate surface area is 185 Å². The molecule has 1 aromatic heterocycles. The number of aromatic hydroxyl groups is 5. The molecule has 0 aliphatic heterocycles. The van der Waals surface area contributed by atoms with Gasteiger partial charge in [0.25, 0.3) is 0 Å². The normalized spacial score (nSPS) is 11.2. The molecular weight excluding hydrogens is 432 g/mol. The third kappa shape index (κ3) is 4.28. The van der Waals surface area contributed by atoms with Gasteiger partial charge in [-0.05, 0) is 48.0 Å². The van der Waals surface area contributed by atoms with E-state index >= 15 is 0 Å². The molecule has 0 saturated carbocycles. The zero-order chi connectivity index (χ0) is 23.7. The van der Waals surface area contributed by atoms with Crippen LogP contribution in [0.15, 0.2) is 69.9 Å². The summed E-state index contributed by atoms with van der Waals surface area (Å²) in [5.74, 6) is -3.31. The molecule has 0 radical (unpaired) electrons. The van der Waals surface area contributed by atoms with Gasteiger partial charge in [0.1, 0.15) is 28.2 Å². The van der Waals surface area contributed by atoms with E-state index in [1.165, 1.54) is 48.5 Å². The zero-order valence-corrected chi connectivity index (χ0v) is 16.7. The molecule has 3 aromatic carbocycles. The first kappa shape index (κ1) is 21.3. The summed E-state index contributed by atoms with van der Waals surface area (Å²) in [6.07, 6.45) is 2.28. The van der Waals surface area contributed by atoms with E-state index < -0.39 is 22.9 Å². The number of hydrogen-bond acceptors (Lipinski definition) is 9. The van der Waals surface area contributed by atoms with Crippen molar-refractivity contribution in [3.8, 4) is 45.8 Å². The van der Waals surface area contributed by atoms with E-state index in [0.29, 0.717) is 5.56 Å². The minimum atomic E-state index is -0.965. The fraction of sp³-hybridized carbons (Fsp3) is 0. The van der Waals surface area contributed by atoms with Gasteiger partial charge in [0.15, 0.2) is 17.3 Å². The van der Waals surface area contributed by atoms with E-state index in [0.717, 1.165) is 18.2 Å². The summed E-state index contributed by atoms with van der Waals surface area (Å²) >= 11 is 0. The lowest BCUT2D eigenvalue weighted by molar-refractivity contribution is -0.129. The second kappa shape index (κ2) is 8.31. The van der Waals surface area contributed by atoms with E-state index in [-0.39, 0.29) is 45.3 Å². The van der Waals surface area contributed by atoms with Crippen LogP contribution in [0, 0.1) is 0 Å². The zero-order valence-electron chi connectivity index (χ0n) is 16.7. The van der Waals surface area contributed by atoms with Gasteiger partial charge in [-0.2, -0.15) is 0 Å². The Balaban J connectivity index is 1.80. The lowest BCUT2D eigenvalue weighted by Gasteiger charge is -2.11. The van der Waals surface area contributed by atoms with Crippen LogP contribution in [0.5, 0.6) is 34.5 Å². The molecule has 0 fully saturated rings. The molecule has 166 valence electrons. The lowest BCUT2D eigenvalue weighted by Crippen LogP contribution is -2.14. The number of fused-ring (bicyclic) bond motifs is 1. The number of benzene rings is 3. The Bertz CT molecular complexity index is 1460. The molecule has 0 spiro atoms. The van der Waals surface area contributed by atoms with Crippen molar-refractivity contribution in [1.82, 2.24) is 0 Å². The molecular formula is C24H16O9. The van der Waals surface area contributed by atoms with Crippen LogP contribution in [0.1, 0.15) is 5.56 Å². The molecule has 33 heavy (non-hydrogen) atoms. The largest absolute Gasteiger partial charge is 0.508 e. The monoisotopic (exact) mass is 448 g/mol. The second-order valence-corrected chi connectivity index (χ2v) is 6.98. The van der Waals surface area contributed by atoms with E-state index in [4.69, 9.17) is 9.15 Å². The molecule has 1 heterocycles. The SMILES string of the molecule is O=C(C=Cc1ccc(O)c(O)c1)Oc1c(-c2ccc(O)cc2)oc2cc(O)cc(O)c2c1=O. The quantitative estimate of drug-likeness (QED) is 0.179. The van der Waals surface area contributed by atoms with E-state index in [9.17, 15) is 35.1 Å². The molecule has 9 nitrogen and oxygen atoms in total. The van der Waals surface area contributed by atoms with Gasteiger partial charge in [-0.15, -0.1) is 0 Å². The van der Waals surface area contributed by atoms with Crippen LogP contribution in [0.25, 0.3) is 28.4 Å². The number of carbonyl (C=O) groups is 1. The Hall–Kier alpha value is -4.92. The van der Waals surface area contributed by atoms with Gasteiger partial charge in [0.2, 0.25) is 11.2 Å². The third-order valence-corrected chi connectivity index (χ3v) is 4.66. The summed E-state index contributed by atoms with van der Waals surface area (Å²) in [6.45, 7) is 0. The summed E-state index contributed by atoms with van der Waals surface area (Å²) < 4.78 is 10.9. The van der Waals surface area contributed by atoms with Crippen LogP contribution in [0.3, 0.4) is 0 Å². The fourth-order valence-corrected chi connectivity index (χ4v) is 3.11. The van der Waals surface area contributed by atoms with Crippen molar-refractivity contribution in [2.24, 2.45) is 0 Å². The predicted molar refractivity (Wildman–Crippen MR) is 117 cm³/mol. The van der Waals surface area contributed by atoms with Crippen molar-refractivity contribution in [3.05, 3.63) is 76.5 Å². The van der Waals surface area contributed by atoms with Crippen LogP contribution in [0.4, 0.5) is 0 Å². The summed E-state index contributed by atoms with van der Waals surface area (Å²) in [4.78, 5) is 25.6. The standard InChI is InChI=1S/C24H16O9/c25-14-5-3-13(4-6-14)23-24(22(31)21-18(29)10-15(26)11-19(21)32-23)33-20(30)8-2-12-1-7-16(27)17(28)9-12/h1-11,25-29H. The summed E-state index contributed by atoms with van der Waals surface area (Å²) in [6, 6.07) is 11.5. The molecule has 0 saturated heterocycles. The Morgan fingerprint density at radius 1 is 0.818 bits per heavy atom. The number of rotatable bonds is 4. The minimum Gasteiger partial charge on any atom is -0.508 e. The van der Waals surface area contributed by atoms with E-state index in [1.807, 2.05) is 0 Å². The third-order valence-electron chi connectivity index (χ3n) is 4.66. The van der Waals surface area contributed by atoms with Crippen molar-refractivity contribution in [2.45, 2.75) is 0 Å². The van der Waals surface area contributed by atoms with Crippen molar-refractivity contribution in [2.75, 3.05) is 0 Å². The molecule has 0 amide bonds. The van der Waals surface area contributed by atoms with Crippen LogP contribution >= 0.6 is 0 Å². The fourth-order valence-electron chi connectivity index (χ4n) is 3.11. The van der Waals surface area contributed by atoms with Gasteiger partial charge >= 0.3 is 5.97 Å². The average Bonchev–Trinajstić information content (AvgIpc) is 2.76. The Morgan fingerprint density at radius 3 is 2.24 bits per heavy atom. The van der Waals surface area contributed by atoms with E-state index in [2.05, 4.69) is 0 Å². The maximum Gasteiger partial charge on any atom is 0.336 e. The number of esters is 1. The molecule has 9 heteroatoms. The highest BCUT2D eigenvalue weighted by atomic mass is 16.5. The van der Waals surface area contributed by atoms with E-state index in [1.54, 1.807) is 0 Å². The van der Waals surface area contributed by atoms with Gasteiger partial charge in [0.05, 0.1) is 0 Å². The van der Waals surface area contributed by atoms with Crippen molar-refractivity contribution in [3.63, 3.8) is 0 Å². The molecule has 0 aliphatic carbocycles. The number of phenols is 5. The number of hydrogen-bond donors (Lipinski definition) is 5. The van der Waals surface area contributed by atoms with Gasteiger partial charge in [-0.1, -0.05) is 6.07 Å². The van der Waals surface area contributed by atoms with Crippen LogP contribution in [-0.2, 0) is 4.79 Å². The van der Waals surface area contributed by atoms with Gasteiger partial charge < -0.3 is 34.7 Å². The highest BCUT2D eigenvalue weighted by Crippen LogP contribution is 2.36. The molecule has 0 bridgehead atoms. The number of carbonyl (C=O) groups excluding carboxylic acids is 1. The summed E-state index contributed by atoms with van der Waals surface area (Å²) in [7, 11) is 0. The van der Waals surface area contributed by atoms with Gasteiger partial charge in [0, 0.05) is 23.8 Å². The molecule has 4 aromatic rings. The highest BCUT2D eigenvalue weighted by Gasteiger charge is 2.22. The summed E-state index contributed by atoms with van der Waals surface area (Å²) in [5, 5.41) is 48.0. The maximum absolute atomic E-state index is 13.1. The molecule has 0 aliphatic rings. The second-order valence-electron chi connectivity index (χ2n) is 6.98. The smallest absolute Gasteiger partial charge is 0.336 e. The first-order valence-corrected chi connectivity index (χ1v) is 9.47. The average molecular weight is 448 g/mol. The first-order valence-electron chi connectivity index (χ1n) is 9.47. The van der Waals surface area contributed by atoms with Crippen molar-refractivity contribution >= 4 is 23.0 Å². The predicted octanol–water partition coefficient (Wildman–Crippen LogP) is 3.61. The van der Waals surface area contributed by atoms with Crippen LogP contribution in [0.2, 0.25) is 0 Å². The minimum absolute atomic E-state index is 0.0456. The molecule has 5 N–H and O–H groups in total. The van der Waals surface area contributed by atoms with Gasteiger partial charge in [-0.3, -0.25) is 4.79 Å². The number of ether oxygens (including phenoxy) is 1. The summed E-state index contributed by atoms with van der Waals surface area (Å²) in [5.41, 5.74) is -0.346. The molecule has 0 atom stereocenters. The Morgan fingerprint density at radius 2 is 1.55 bits per heavy atom. The topological polar surface area (TPSA) is 158 Å². The Kier molecular flexibility index (Phi) is 5.37. The molecule has 4 rings (SSSR count).